The molecule has 10 heteroatoms. The molecule has 10 nitrogen and oxygen atoms in total. The Hall–Kier alpha value is -3.57. The number of anilines is 1. The molecule has 3 unspecified atom stereocenters. The van der Waals surface area contributed by atoms with Crippen LogP contribution in [-0.2, 0) is 11.3 Å². The fraction of sp³-hybridized carbons (Fsp3) is 0.292. The van der Waals surface area contributed by atoms with E-state index >= 15 is 0 Å². The van der Waals surface area contributed by atoms with Crippen LogP contribution in [0.5, 0.6) is 0 Å². The molecule has 0 amide bonds. The minimum Gasteiger partial charge on any atom is -0.386 e. The van der Waals surface area contributed by atoms with E-state index in [1.54, 1.807) is 0 Å². The van der Waals surface area contributed by atoms with Crippen LogP contribution in [0.2, 0.25) is 0 Å². The number of rotatable bonds is 9. The maximum atomic E-state index is 10.8. The number of hydrogen-bond donors (Lipinski definition) is 4. The molecule has 176 valence electrons. The topological polar surface area (TPSA) is 136 Å². The van der Waals surface area contributed by atoms with Gasteiger partial charge >= 0.3 is 0 Å². The van der Waals surface area contributed by atoms with E-state index in [9.17, 15) is 10.2 Å². The van der Waals surface area contributed by atoms with Gasteiger partial charge in [-0.2, -0.15) is 0 Å². The molecule has 0 spiro atoms. The number of methoxy groups -OCH3 is 1. The van der Waals surface area contributed by atoms with Crippen LogP contribution in [0.3, 0.4) is 0 Å². The van der Waals surface area contributed by atoms with E-state index < -0.39 is 18.4 Å². The number of nitrogens with zero attached hydrogens (tertiary/aromatic N) is 5. The summed E-state index contributed by atoms with van der Waals surface area (Å²) < 4.78 is 9.12. The fourth-order valence-corrected chi connectivity index (χ4v) is 4.44. The summed E-state index contributed by atoms with van der Waals surface area (Å²) in [7, 11) is 1.50. The summed E-state index contributed by atoms with van der Waals surface area (Å²) in [6.07, 6.45) is -0.530. The molecule has 0 aliphatic rings. The van der Waals surface area contributed by atoms with Crippen LogP contribution in [0.4, 0.5) is 5.82 Å². The Kier molecular flexibility index (Phi) is 6.12. The van der Waals surface area contributed by atoms with Crippen molar-refractivity contribution in [1.82, 2.24) is 29.4 Å². The molecule has 0 aliphatic heterocycles. The number of imidazole rings is 1. The number of aromatic nitrogens is 5. The first kappa shape index (κ1) is 22.2. The zero-order chi connectivity index (χ0) is 23.7. The van der Waals surface area contributed by atoms with Crippen LogP contribution < -0.4 is 11.1 Å². The molecule has 5 aromatic rings. The van der Waals surface area contributed by atoms with Crippen molar-refractivity contribution < 1.29 is 14.9 Å². The Morgan fingerprint density at radius 3 is 2.35 bits per heavy atom. The largest absolute Gasteiger partial charge is 0.386 e. The molecule has 2 aromatic carbocycles. The van der Waals surface area contributed by atoms with Gasteiger partial charge in [0.05, 0.1) is 12.4 Å². The average Bonchev–Trinajstić information content (AvgIpc) is 3.44. The molecule has 3 heterocycles. The molecule has 0 fully saturated rings. The van der Waals surface area contributed by atoms with Crippen LogP contribution in [0, 0.1) is 0 Å². The number of benzene rings is 2. The number of hydrogen-bond acceptors (Lipinski definition) is 8. The Morgan fingerprint density at radius 2 is 1.68 bits per heavy atom. The first-order chi connectivity index (χ1) is 16.6. The van der Waals surface area contributed by atoms with Gasteiger partial charge in [0.1, 0.15) is 17.9 Å². The van der Waals surface area contributed by atoms with Gasteiger partial charge < -0.3 is 30.6 Å². The second-order valence-electron chi connectivity index (χ2n) is 8.15. The van der Waals surface area contributed by atoms with E-state index in [4.69, 9.17) is 10.5 Å². The summed E-state index contributed by atoms with van der Waals surface area (Å²) in [5.41, 5.74) is 8.88. The Labute approximate surface area is 195 Å². The number of aliphatic hydroxyl groups is 2. The molecule has 5 rings (SSSR count). The first-order valence-corrected chi connectivity index (χ1v) is 11.1. The van der Waals surface area contributed by atoms with Crippen LogP contribution >= 0.6 is 0 Å². The molecule has 5 N–H and O–H groups in total. The van der Waals surface area contributed by atoms with Crippen LogP contribution in [0.15, 0.2) is 61.2 Å². The third-order valence-corrected chi connectivity index (χ3v) is 6.20. The fourth-order valence-electron chi connectivity index (χ4n) is 4.44. The lowest BCUT2D eigenvalue weighted by atomic mass is 10.1. The number of nitrogens with one attached hydrogen (secondary N) is 1. The minimum absolute atomic E-state index is 0.209. The van der Waals surface area contributed by atoms with Crippen LogP contribution in [0.25, 0.3) is 33.0 Å². The second kappa shape index (κ2) is 9.35. The van der Waals surface area contributed by atoms with Crippen molar-refractivity contribution >= 4 is 38.8 Å². The van der Waals surface area contributed by atoms with Gasteiger partial charge in [0, 0.05) is 48.5 Å². The summed E-state index contributed by atoms with van der Waals surface area (Å²) in [6, 6.07) is 16.7. The van der Waals surface area contributed by atoms with E-state index in [1.807, 2.05) is 12.1 Å². The SMILES string of the molecule is COC(CNCCn1c2ccccc2c2ccccc21)C(O)C(O)n1cnc2c(N)ncnc21. The maximum Gasteiger partial charge on any atom is 0.167 e. The van der Waals surface area contributed by atoms with E-state index in [1.165, 1.54) is 46.1 Å². The van der Waals surface area contributed by atoms with E-state index in [2.05, 4.69) is 61.2 Å². The van der Waals surface area contributed by atoms with Crippen molar-refractivity contribution in [2.24, 2.45) is 0 Å². The number of nitrogens with two attached hydrogens (primary N) is 1. The maximum absolute atomic E-state index is 10.8. The summed E-state index contributed by atoms with van der Waals surface area (Å²) in [5, 5.41) is 27.4. The highest BCUT2D eigenvalue weighted by Gasteiger charge is 2.29. The zero-order valence-electron chi connectivity index (χ0n) is 18.7. The molecule has 0 radical (unpaired) electrons. The predicted molar refractivity (Wildman–Crippen MR) is 130 cm³/mol. The Bertz CT molecular complexity index is 1380. The van der Waals surface area contributed by atoms with E-state index in [-0.39, 0.29) is 5.82 Å². The van der Waals surface area contributed by atoms with Gasteiger partial charge in [0.25, 0.3) is 0 Å². The zero-order valence-corrected chi connectivity index (χ0v) is 18.7. The third kappa shape index (κ3) is 3.86. The summed E-state index contributed by atoms with van der Waals surface area (Å²) in [6.45, 7) is 1.74. The number of nitrogen functional groups attached to an aromatic ring is 1. The Balaban J connectivity index is 1.26. The first-order valence-electron chi connectivity index (χ1n) is 11.1. The van der Waals surface area contributed by atoms with Crippen LogP contribution in [0.1, 0.15) is 6.23 Å². The monoisotopic (exact) mass is 461 g/mol. The van der Waals surface area contributed by atoms with Crippen molar-refractivity contribution in [3.05, 3.63) is 61.2 Å². The quantitative estimate of drug-likeness (QED) is 0.243. The highest BCUT2D eigenvalue weighted by atomic mass is 16.5. The van der Waals surface area contributed by atoms with E-state index in [0.29, 0.717) is 24.3 Å². The summed E-state index contributed by atoms with van der Waals surface area (Å²) in [5.74, 6) is 0.209. The van der Waals surface area contributed by atoms with Gasteiger partial charge in [-0.15, -0.1) is 0 Å². The van der Waals surface area contributed by atoms with Gasteiger partial charge in [0.15, 0.2) is 17.7 Å². The van der Waals surface area contributed by atoms with Gasteiger partial charge in [0.2, 0.25) is 0 Å². The molecule has 0 aliphatic carbocycles. The minimum atomic E-state index is -1.32. The van der Waals surface area contributed by atoms with Gasteiger partial charge in [-0.05, 0) is 12.1 Å². The number of ether oxygens (including phenoxy) is 1. The normalized spacial score (nSPS) is 14.7. The standard InChI is InChI=1S/C24H27N7O3/c1-34-19(21(32)24(33)31-14-29-20-22(25)27-13-28-23(20)31)12-26-10-11-30-17-8-4-2-6-15(17)16-7-3-5-9-18(16)30/h2-9,13-14,19,21,24,26,32-33H,10-12H2,1H3,(H2,25,27,28). The molecular weight excluding hydrogens is 434 g/mol. The third-order valence-electron chi connectivity index (χ3n) is 6.20. The number of fused-ring (bicyclic) bond motifs is 4. The lowest BCUT2D eigenvalue weighted by molar-refractivity contribution is -0.101. The lowest BCUT2D eigenvalue weighted by Gasteiger charge is -2.27. The van der Waals surface area contributed by atoms with Gasteiger partial charge in [-0.1, -0.05) is 36.4 Å². The van der Waals surface area contributed by atoms with Crippen molar-refractivity contribution in [1.29, 1.82) is 0 Å². The molecule has 3 aromatic heterocycles. The van der Waals surface area contributed by atoms with Crippen molar-refractivity contribution in [3.63, 3.8) is 0 Å². The second-order valence-corrected chi connectivity index (χ2v) is 8.15. The van der Waals surface area contributed by atoms with Crippen molar-refractivity contribution in [2.45, 2.75) is 25.0 Å². The highest BCUT2D eigenvalue weighted by Crippen LogP contribution is 2.28. The molecule has 34 heavy (non-hydrogen) atoms. The van der Waals surface area contributed by atoms with Crippen molar-refractivity contribution in [2.75, 3.05) is 25.9 Å². The van der Waals surface area contributed by atoms with Gasteiger partial charge in [-0.3, -0.25) is 4.57 Å². The molecule has 3 atom stereocenters. The predicted octanol–water partition coefficient (Wildman–Crippen LogP) is 1.67. The number of aliphatic hydroxyl groups excluding tert-OH is 2. The molecular formula is C24H27N7O3. The molecule has 0 saturated carbocycles. The Morgan fingerprint density at radius 1 is 1.00 bits per heavy atom. The molecule has 0 saturated heterocycles. The lowest BCUT2D eigenvalue weighted by Crippen LogP contribution is -2.43. The molecule has 0 bridgehead atoms. The summed E-state index contributed by atoms with van der Waals surface area (Å²) in [4.78, 5) is 12.2. The summed E-state index contributed by atoms with van der Waals surface area (Å²) >= 11 is 0. The smallest absolute Gasteiger partial charge is 0.167 e. The van der Waals surface area contributed by atoms with Crippen molar-refractivity contribution in [3.8, 4) is 0 Å². The van der Waals surface area contributed by atoms with Gasteiger partial charge in [-0.25, -0.2) is 15.0 Å². The highest BCUT2D eigenvalue weighted by molar-refractivity contribution is 6.07. The average molecular weight is 462 g/mol. The van der Waals surface area contributed by atoms with Crippen LogP contribution in [-0.4, -0.2) is 66.7 Å². The van der Waals surface area contributed by atoms with E-state index in [0.717, 1.165) is 6.54 Å². The number of para-hydroxylation sites is 2.